The minimum atomic E-state index is -0.639. The number of pyridine rings is 1. The fraction of sp³-hybridized carbons (Fsp3) is 0.0185. The lowest BCUT2D eigenvalue weighted by Crippen LogP contribution is -2.29. The molecule has 272 valence electrons. The molecule has 0 saturated heterocycles. The molecule has 0 bridgehead atoms. The van der Waals surface area contributed by atoms with Crippen molar-refractivity contribution in [3.05, 3.63) is 229 Å². The van der Waals surface area contributed by atoms with Crippen LogP contribution in [0.2, 0.25) is 0 Å². The van der Waals surface area contributed by atoms with Crippen LogP contribution < -0.4 is 4.90 Å². The summed E-state index contributed by atoms with van der Waals surface area (Å²) in [6, 6.07) is 71.1. The van der Waals surface area contributed by atoms with Gasteiger partial charge in [0.25, 0.3) is 0 Å². The molecule has 0 fully saturated rings. The van der Waals surface area contributed by atoms with Crippen LogP contribution in [0.5, 0.6) is 0 Å². The van der Waals surface area contributed by atoms with Crippen LogP contribution >= 0.6 is 0 Å². The molecule has 0 atom stereocenters. The highest BCUT2D eigenvalue weighted by molar-refractivity contribution is 6.14. The second kappa shape index (κ2) is 12.7. The lowest BCUT2D eigenvalue weighted by Gasteiger charge is -2.35. The van der Waals surface area contributed by atoms with E-state index in [0.29, 0.717) is 0 Å². The molecule has 4 nitrogen and oxygen atoms in total. The molecule has 0 amide bonds. The lowest BCUT2D eigenvalue weighted by molar-refractivity contribution is 0.665. The van der Waals surface area contributed by atoms with E-state index >= 15 is 0 Å². The van der Waals surface area contributed by atoms with Crippen LogP contribution in [-0.2, 0) is 5.41 Å². The summed E-state index contributed by atoms with van der Waals surface area (Å²) in [5.41, 5.74) is 14.8. The van der Waals surface area contributed by atoms with Crippen LogP contribution in [0.3, 0.4) is 0 Å². The summed E-state index contributed by atoms with van der Waals surface area (Å²) in [5, 5.41) is 4.24. The number of hydrogen-bond acceptors (Lipinski definition) is 4. The van der Waals surface area contributed by atoms with Gasteiger partial charge in [0.1, 0.15) is 22.3 Å². The van der Waals surface area contributed by atoms with Crippen molar-refractivity contribution in [2.45, 2.75) is 5.41 Å². The third-order valence-corrected chi connectivity index (χ3v) is 12.0. The maximum absolute atomic E-state index is 6.90. The predicted molar refractivity (Wildman–Crippen MR) is 236 cm³/mol. The standard InChI is InChI=1S/C54H34N2O2/c1-3-15-35(16-4-1)47-30-28-39(34-55-47)56(38-27-29-43-42-21-9-13-25-49(42)57-51(43)33-38)48-31-37(32-52-53(48)44-22-10-14-26-50(44)58-52)54(36-17-5-2-6-18-36)45-23-11-7-19-40(45)41-20-8-12-24-46(41)54/h1-34H. The van der Waals surface area contributed by atoms with Crippen molar-refractivity contribution >= 4 is 60.9 Å². The van der Waals surface area contributed by atoms with Gasteiger partial charge in [-0.1, -0.05) is 146 Å². The van der Waals surface area contributed by atoms with E-state index in [1.54, 1.807) is 0 Å². The Labute approximate surface area is 334 Å². The van der Waals surface area contributed by atoms with Crippen LogP contribution in [0.4, 0.5) is 17.1 Å². The first-order valence-electron chi connectivity index (χ1n) is 19.7. The molecule has 8 aromatic carbocycles. The topological polar surface area (TPSA) is 42.4 Å². The van der Waals surface area contributed by atoms with Gasteiger partial charge >= 0.3 is 0 Å². The van der Waals surface area contributed by atoms with Crippen molar-refractivity contribution in [2.24, 2.45) is 0 Å². The third-order valence-electron chi connectivity index (χ3n) is 12.0. The number of furan rings is 2. The van der Waals surface area contributed by atoms with Gasteiger partial charge in [-0.25, -0.2) is 0 Å². The molecule has 1 aliphatic rings. The second-order valence-corrected chi connectivity index (χ2v) is 15.1. The predicted octanol–water partition coefficient (Wildman–Crippen LogP) is 14.4. The van der Waals surface area contributed by atoms with Crippen molar-refractivity contribution in [1.82, 2.24) is 4.98 Å². The maximum atomic E-state index is 6.90. The van der Waals surface area contributed by atoms with E-state index in [0.717, 1.165) is 77.8 Å². The van der Waals surface area contributed by atoms with Crippen LogP contribution in [0.15, 0.2) is 215 Å². The zero-order chi connectivity index (χ0) is 38.2. The first kappa shape index (κ1) is 32.5. The van der Waals surface area contributed by atoms with Gasteiger partial charge in [0.2, 0.25) is 0 Å². The van der Waals surface area contributed by atoms with Crippen molar-refractivity contribution in [3.63, 3.8) is 0 Å². The summed E-state index contributed by atoms with van der Waals surface area (Å²) in [6.45, 7) is 0. The minimum Gasteiger partial charge on any atom is -0.456 e. The van der Waals surface area contributed by atoms with E-state index in [1.807, 2.05) is 42.6 Å². The number of anilines is 3. The average molecular weight is 743 g/mol. The summed E-state index contributed by atoms with van der Waals surface area (Å²) in [5.74, 6) is 0. The first-order chi connectivity index (χ1) is 28.8. The van der Waals surface area contributed by atoms with Crippen molar-refractivity contribution < 1.29 is 8.83 Å². The highest BCUT2D eigenvalue weighted by Gasteiger charge is 2.46. The van der Waals surface area contributed by atoms with E-state index in [-0.39, 0.29) is 0 Å². The second-order valence-electron chi connectivity index (χ2n) is 15.1. The van der Waals surface area contributed by atoms with Crippen LogP contribution in [0, 0.1) is 0 Å². The van der Waals surface area contributed by atoms with Gasteiger partial charge in [0, 0.05) is 33.5 Å². The number of benzene rings is 8. The Balaban J connectivity index is 1.19. The minimum absolute atomic E-state index is 0.639. The smallest absolute Gasteiger partial charge is 0.137 e. The number of hydrogen-bond donors (Lipinski definition) is 0. The molecule has 11 aromatic rings. The van der Waals surface area contributed by atoms with Crippen LogP contribution in [0.25, 0.3) is 66.3 Å². The van der Waals surface area contributed by atoms with Gasteiger partial charge in [0.05, 0.1) is 34.1 Å². The molecule has 3 heterocycles. The summed E-state index contributed by atoms with van der Waals surface area (Å²) < 4.78 is 13.4. The van der Waals surface area contributed by atoms with Gasteiger partial charge in [-0.3, -0.25) is 4.98 Å². The molecule has 58 heavy (non-hydrogen) atoms. The fourth-order valence-electron chi connectivity index (χ4n) is 9.52. The largest absolute Gasteiger partial charge is 0.456 e. The summed E-state index contributed by atoms with van der Waals surface area (Å²) in [7, 11) is 0. The van der Waals surface area contributed by atoms with E-state index < -0.39 is 5.41 Å². The Morgan fingerprint density at radius 2 is 1.00 bits per heavy atom. The van der Waals surface area contributed by atoms with Crippen LogP contribution in [0.1, 0.15) is 22.3 Å². The monoisotopic (exact) mass is 742 g/mol. The molecule has 0 unspecified atom stereocenters. The first-order valence-corrected chi connectivity index (χ1v) is 19.7. The molecule has 0 saturated carbocycles. The van der Waals surface area contributed by atoms with Crippen molar-refractivity contribution in [2.75, 3.05) is 4.90 Å². The van der Waals surface area contributed by atoms with Gasteiger partial charge in [-0.05, 0) is 81.9 Å². The number of nitrogens with zero attached hydrogens (tertiary/aromatic N) is 2. The van der Waals surface area contributed by atoms with Gasteiger partial charge in [0.15, 0.2) is 0 Å². The number of rotatable bonds is 6. The quantitative estimate of drug-likeness (QED) is 0.170. The Kier molecular flexibility index (Phi) is 7.11. The zero-order valence-electron chi connectivity index (χ0n) is 31.3. The highest BCUT2D eigenvalue weighted by Crippen LogP contribution is 2.58. The van der Waals surface area contributed by atoms with E-state index in [9.17, 15) is 0 Å². The molecule has 0 N–H and O–H groups in total. The molecule has 3 aromatic heterocycles. The number of fused-ring (bicyclic) bond motifs is 9. The Hall–Kier alpha value is -7.69. The molecule has 0 radical (unpaired) electrons. The molecular weight excluding hydrogens is 709 g/mol. The molecule has 0 aliphatic heterocycles. The molecule has 0 spiro atoms. The van der Waals surface area contributed by atoms with E-state index in [2.05, 4.69) is 169 Å². The summed E-state index contributed by atoms with van der Waals surface area (Å²) in [4.78, 5) is 7.41. The normalized spacial score (nSPS) is 13.0. The fourth-order valence-corrected chi connectivity index (χ4v) is 9.52. The molecular formula is C54H34N2O2. The summed E-state index contributed by atoms with van der Waals surface area (Å²) >= 11 is 0. The maximum Gasteiger partial charge on any atom is 0.137 e. The number of para-hydroxylation sites is 2. The Morgan fingerprint density at radius 3 is 1.72 bits per heavy atom. The van der Waals surface area contributed by atoms with Gasteiger partial charge in [-0.15, -0.1) is 0 Å². The van der Waals surface area contributed by atoms with E-state index in [4.69, 9.17) is 13.8 Å². The Morgan fingerprint density at radius 1 is 0.414 bits per heavy atom. The summed E-state index contributed by atoms with van der Waals surface area (Å²) in [6.07, 6.45) is 1.99. The van der Waals surface area contributed by atoms with Crippen molar-refractivity contribution in [3.8, 4) is 22.4 Å². The third kappa shape index (κ3) is 4.72. The SMILES string of the molecule is c1ccc(-c2ccc(N(c3ccc4c(c3)oc3ccccc34)c3cc(C4(c5ccccc5)c5ccccc5-c5ccccc54)cc4oc5ccccc5c34)cn2)cc1. The average Bonchev–Trinajstić information content (AvgIpc) is 3.95. The van der Waals surface area contributed by atoms with Crippen molar-refractivity contribution in [1.29, 1.82) is 0 Å². The van der Waals surface area contributed by atoms with Gasteiger partial charge < -0.3 is 13.7 Å². The number of aromatic nitrogens is 1. The Bertz CT molecular complexity index is 3300. The molecule has 4 heteroatoms. The zero-order valence-corrected chi connectivity index (χ0v) is 31.3. The highest BCUT2D eigenvalue weighted by atomic mass is 16.3. The molecule has 1 aliphatic carbocycles. The van der Waals surface area contributed by atoms with Crippen LogP contribution in [-0.4, -0.2) is 4.98 Å². The van der Waals surface area contributed by atoms with Gasteiger partial charge in [-0.2, -0.15) is 0 Å². The lowest BCUT2D eigenvalue weighted by atomic mass is 9.67. The van der Waals surface area contributed by atoms with E-state index in [1.165, 1.54) is 27.8 Å². The molecule has 12 rings (SSSR count).